The Balaban J connectivity index is 3.05. The molecule has 0 fully saturated rings. The molecule has 0 saturated heterocycles. The van der Waals surface area contributed by atoms with Gasteiger partial charge in [0.2, 0.25) is 0 Å². The summed E-state index contributed by atoms with van der Waals surface area (Å²) < 4.78 is 4.86. The van der Waals surface area contributed by atoms with Crippen molar-refractivity contribution < 1.29 is 20.4 Å². The fourth-order valence-corrected chi connectivity index (χ4v) is 2.40. The van der Waals surface area contributed by atoms with E-state index < -0.39 is 18.1 Å². The summed E-state index contributed by atoms with van der Waals surface area (Å²) in [5.74, 6) is -0.457. The summed E-state index contributed by atoms with van der Waals surface area (Å²) in [4.78, 5) is 10.8. The van der Waals surface area contributed by atoms with Crippen LogP contribution in [0.1, 0.15) is 24.8 Å². The fourth-order valence-electron chi connectivity index (χ4n) is 1.72. The molecule has 0 aromatic heterocycles. The van der Waals surface area contributed by atoms with E-state index in [1.165, 1.54) is 0 Å². The van der Waals surface area contributed by atoms with E-state index in [0.717, 1.165) is 0 Å². The molecule has 6 heteroatoms. The summed E-state index contributed by atoms with van der Waals surface area (Å²) >= 11 is 12.2. The maximum atomic E-state index is 10.8. The summed E-state index contributed by atoms with van der Waals surface area (Å²) in [5, 5.41) is 10.9. The number of hydrogen-bond acceptors (Lipinski definition) is 3. The Hall–Kier alpha value is -0.810. The van der Waals surface area contributed by atoms with Gasteiger partial charge in [0.25, 0.3) is 0 Å². The van der Waals surface area contributed by atoms with E-state index in [0.29, 0.717) is 22.0 Å². The lowest BCUT2D eigenvalue weighted by Crippen LogP contribution is -2.57. The van der Waals surface area contributed by atoms with Gasteiger partial charge in [0, 0.05) is 16.0 Å². The maximum Gasteiger partial charge on any atom is 0.511 e. The van der Waals surface area contributed by atoms with Gasteiger partial charge in [-0.25, -0.2) is 0 Å². The molecular weight excluding hydrogens is 277 g/mol. The zero-order chi connectivity index (χ0) is 13.7. The van der Waals surface area contributed by atoms with Gasteiger partial charge >= 0.3 is 6.09 Å². The third kappa shape index (κ3) is 3.85. The van der Waals surface area contributed by atoms with Crippen LogP contribution in [0.2, 0.25) is 10.0 Å². The molecule has 0 heterocycles. The molecule has 4 N–H and O–H groups in total. The summed E-state index contributed by atoms with van der Waals surface area (Å²) in [7, 11) is 0. The molecule has 2 atom stereocenters. The smallest absolute Gasteiger partial charge is 0.419 e. The number of rotatable bonds is 5. The molecule has 0 spiro atoms. The number of halogens is 2. The second-order valence-corrected chi connectivity index (χ2v) is 4.71. The Bertz CT molecular complexity index is 406. The first-order valence-electron chi connectivity index (χ1n) is 5.58. The van der Waals surface area contributed by atoms with Gasteiger partial charge in [-0.3, -0.25) is 5.73 Å². The molecule has 0 aliphatic carbocycles. The average molecular weight is 293 g/mol. The largest absolute Gasteiger partial charge is 0.511 e. The van der Waals surface area contributed by atoms with Crippen LogP contribution in [0.4, 0.5) is 4.79 Å². The van der Waals surface area contributed by atoms with Crippen LogP contribution in [0.5, 0.6) is 0 Å². The number of ether oxygens (including phenoxy) is 1. The fraction of sp³-hybridized carbons (Fsp3) is 0.417. The molecule has 2 unspecified atom stereocenters. The molecule has 0 aliphatic heterocycles. The van der Waals surface area contributed by atoms with E-state index in [-0.39, 0.29) is 6.61 Å². The average Bonchev–Trinajstić information content (AvgIpc) is 2.31. The molecule has 1 aromatic carbocycles. The summed E-state index contributed by atoms with van der Waals surface area (Å²) in [6, 6.07) is 5.09. The predicted molar refractivity (Wildman–Crippen MR) is 69.7 cm³/mol. The molecule has 18 heavy (non-hydrogen) atoms. The van der Waals surface area contributed by atoms with Gasteiger partial charge in [-0.1, -0.05) is 36.2 Å². The topological polar surface area (TPSA) is 74.2 Å². The van der Waals surface area contributed by atoms with Crippen molar-refractivity contribution in [2.75, 3.05) is 6.61 Å². The van der Waals surface area contributed by atoms with E-state index in [4.69, 9.17) is 27.9 Å². The lowest BCUT2D eigenvalue weighted by Gasteiger charge is -2.23. The Morgan fingerprint density at radius 1 is 1.44 bits per heavy atom. The summed E-state index contributed by atoms with van der Waals surface area (Å²) in [5.41, 5.74) is 3.72. The van der Waals surface area contributed by atoms with Crippen molar-refractivity contribution in [3.05, 3.63) is 33.8 Å². The molecule has 1 aromatic rings. The first-order chi connectivity index (χ1) is 8.47. The van der Waals surface area contributed by atoms with Gasteiger partial charge in [-0.05, 0) is 24.1 Å². The van der Waals surface area contributed by atoms with Crippen molar-refractivity contribution in [2.45, 2.75) is 25.4 Å². The molecule has 1 amide bonds. The zero-order valence-electron chi connectivity index (χ0n) is 10.0. The minimum Gasteiger partial charge on any atom is -0.419 e. The normalized spacial score (nSPS) is 14.1. The third-order valence-electron chi connectivity index (χ3n) is 2.68. The van der Waals surface area contributed by atoms with Crippen molar-refractivity contribution >= 4 is 29.3 Å². The first-order valence-corrected chi connectivity index (χ1v) is 6.33. The monoisotopic (exact) mass is 292 g/mol. The van der Waals surface area contributed by atoms with Crippen molar-refractivity contribution in [1.29, 1.82) is 0 Å². The van der Waals surface area contributed by atoms with Crippen molar-refractivity contribution in [3.63, 3.8) is 0 Å². The molecule has 1 rings (SSSR count). The van der Waals surface area contributed by atoms with Gasteiger partial charge in [0.05, 0.1) is 6.10 Å². The Morgan fingerprint density at radius 3 is 2.44 bits per heavy atom. The Morgan fingerprint density at radius 2 is 2.00 bits per heavy atom. The number of carbonyl (C=O) groups is 1. The number of amides is 1. The zero-order valence-corrected chi connectivity index (χ0v) is 11.5. The number of carbonyl (C=O) groups excluding carboxylic acids is 1. The van der Waals surface area contributed by atoms with Crippen molar-refractivity contribution in [3.8, 4) is 0 Å². The number of quaternary nitrogens is 1. The van der Waals surface area contributed by atoms with E-state index in [1.54, 1.807) is 18.2 Å². The molecule has 0 aliphatic rings. The Kier molecular flexibility index (Phi) is 5.88. The van der Waals surface area contributed by atoms with Crippen LogP contribution < -0.4 is 5.73 Å². The van der Waals surface area contributed by atoms with E-state index in [2.05, 4.69) is 5.73 Å². The van der Waals surface area contributed by atoms with Gasteiger partial charge in [-0.2, -0.15) is 4.79 Å². The van der Waals surface area contributed by atoms with Crippen LogP contribution in [0.3, 0.4) is 0 Å². The van der Waals surface area contributed by atoms with E-state index in [9.17, 15) is 9.90 Å². The van der Waals surface area contributed by atoms with Gasteiger partial charge in [0.1, 0.15) is 6.61 Å². The summed E-state index contributed by atoms with van der Waals surface area (Å²) in [6.07, 6.45) is -0.839. The van der Waals surface area contributed by atoms with Crippen LogP contribution in [0.15, 0.2) is 18.2 Å². The highest BCUT2D eigenvalue weighted by Gasteiger charge is 2.26. The predicted octanol–water partition coefficient (Wildman–Crippen LogP) is 2.23. The van der Waals surface area contributed by atoms with Crippen LogP contribution in [-0.4, -0.2) is 23.9 Å². The maximum absolute atomic E-state index is 10.8. The molecular formula is C12H16Cl2NO3+. The lowest BCUT2D eigenvalue weighted by atomic mass is 9.92. The number of aliphatic hydroxyl groups is 1. The first kappa shape index (κ1) is 15.2. The standard InChI is InChI=1S/C12H15Cl2NO3/c1-2-10(16)7(6-18-12(15)17)11-8(13)4-3-5-9(11)14/h3-5,7,10,16H,2,6H2,1H3,(H2,15,17)/p+1. The highest BCUT2D eigenvalue weighted by atomic mass is 35.5. The number of aliphatic hydroxyl groups excluding tert-OH is 1. The SMILES string of the molecule is CCC(O)C(COC([NH3+])=O)c1c(Cl)cccc1Cl. The molecule has 0 saturated carbocycles. The molecule has 4 nitrogen and oxygen atoms in total. The molecule has 0 radical (unpaired) electrons. The van der Waals surface area contributed by atoms with Crippen LogP contribution in [0, 0.1) is 0 Å². The minimum absolute atomic E-state index is 0.000787. The molecule has 100 valence electrons. The Labute approximate surface area is 116 Å². The van der Waals surface area contributed by atoms with Crippen LogP contribution in [-0.2, 0) is 4.74 Å². The quantitative estimate of drug-likeness (QED) is 0.874. The lowest BCUT2D eigenvalue weighted by molar-refractivity contribution is -0.283. The highest BCUT2D eigenvalue weighted by molar-refractivity contribution is 6.36. The van der Waals surface area contributed by atoms with Gasteiger partial charge in [0.15, 0.2) is 0 Å². The summed E-state index contributed by atoms with van der Waals surface area (Å²) in [6.45, 7) is 1.83. The second-order valence-electron chi connectivity index (χ2n) is 3.90. The third-order valence-corrected chi connectivity index (χ3v) is 3.34. The minimum atomic E-state index is -0.693. The van der Waals surface area contributed by atoms with Crippen molar-refractivity contribution in [1.82, 2.24) is 0 Å². The van der Waals surface area contributed by atoms with Crippen molar-refractivity contribution in [2.24, 2.45) is 0 Å². The second kappa shape index (κ2) is 6.95. The number of hydrogen-bond donors (Lipinski definition) is 2. The number of benzene rings is 1. The van der Waals surface area contributed by atoms with Gasteiger partial charge < -0.3 is 9.84 Å². The molecule has 0 bridgehead atoms. The van der Waals surface area contributed by atoms with E-state index >= 15 is 0 Å². The highest BCUT2D eigenvalue weighted by Crippen LogP contribution is 2.34. The van der Waals surface area contributed by atoms with E-state index in [1.807, 2.05) is 6.92 Å². The van der Waals surface area contributed by atoms with Crippen LogP contribution >= 0.6 is 23.2 Å². The van der Waals surface area contributed by atoms with Crippen LogP contribution in [0.25, 0.3) is 0 Å². The van der Waals surface area contributed by atoms with Gasteiger partial charge in [-0.15, -0.1) is 0 Å².